The number of carbonyl (C=O) groups is 4. The Labute approximate surface area is 160 Å². The van der Waals surface area contributed by atoms with Gasteiger partial charge in [-0.1, -0.05) is 12.2 Å². The molecule has 0 bridgehead atoms. The van der Waals surface area contributed by atoms with Crippen LogP contribution in [0.25, 0.3) is 0 Å². The molecule has 10 N–H and O–H groups in total. The van der Waals surface area contributed by atoms with Gasteiger partial charge < -0.3 is 37.4 Å². The van der Waals surface area contributed by atoms with Crippen LogP contribution in [-0.2, 0) is 14.4 Å². The van der Waals surface area contributed by atoms with Crippen LogP contribution in [0.2, 0.25) is 0 Å². The Morgan fingerprint density at radius 1 is 1.22 bits per heavy atom. The number of carboxylic acids is 1. The van der Waals surface area contributed by atoms with Crippen LogP contribution in [0.1, 0.15) is 13.3 Å². The molecule has 0 spiro atoms. The van der Waals surface area contributed by atoms with Crippen LogP contribution in [0.15, 0.2) is 0 Å². The highest BCUT2D eigenvalue weighted by Crippen LogP contribution is 1.99. The fourth-order valence-electron chi connectivity index (χ4n) is 1.75. The summed E-state index contributed by atoms with van der Waals surface area (Å²) in [4.78, 5) is 46.4. The van der Waals surface area contributed by atoms with E-state index in [1.54, 1.807) is 0 Å². The zero-order chi connectivity index (χ0) is 21.3. The molecule has 0 radical (unpaired) electrons. The van der Waals surface area contributed by atoms with E-state index in [-0.39, 0.29) is 4.99 Å². The van der Waals surface area contributed by atoms with Crippen molar-refractivity contribution in [2.75, 3.05) is 13.7 Å². The highest BCUT2D eigenvalue weighted by Gasteiger charge is 2.30. The topological polar surface area (TPSA) is 220 Å². The summed E-state index contributed by atoms with van der Waals surface area (Å²) in [5.74, 6) is -3.26. The fourth-order valence-corrected chi connectivity index (χ4v) is 1.96. The quantitative estimate of drug-likeness (QED) is 0.136. The number of carboxylic acid groups (broad SMARTS) is 1. The monoisotopic (exact) mass is 408 g/mol. The number of nitrogens with zero attached hydrogens (tertiary/aromatic N) is 1. The summed E-state index contributed by atoms with van der Waals surface area (Å²) >= 11 is 4.87. The Morgan fingerprint density at radius 2 is 1.78 bits per heavy atom. The van der Waals surface area contributed by atoms with Crippen molar-refractivity contribution >= 4 is 41.0 Å². The maximum atomic E-state index is 12.4. The van der Waals surface area contributed by atoms with E-state index < -0.39 is 61.1 Å². The molecule has 0 aromatic carbocycles. The van der Waals surface area contributed by atoms with Gasteiger partial charge in [0.05, 0.1) is 25.2 Å². The van der Waals surface area contributed by atoms with Gasteiger partial charge in [-0.2, -0.15) is 0 Å². The van der Waals surface area contributed by atoms with Crippen molar-refractivity contribution in [1.82, 2.24) is 21.1 Å². The molecule has 0 aliphatic heterocycles. The van der Waals surface area contributed by atoms with E-state index in [9.17, 15) is 24.3 Å². The number of likely N-dealkylation sites (N-methyl/N-ethyl adjacent to an activating group) is 1. The zero-order valence-corrected chi connectivity index (χ0v) is 15.5. The zero-order valence-electron chi connectivity index (χ0n) is 14.7. The summed E-state index contributed by atoms with van der Waals surface area (Å²) in [5.41, 5.74) is 13.0. The number of primary amides is 1. The first-order valence-electron chi connectivity index (χ1n) is 7.61. The lowest BCUT2D eigenvalue weighted by molar-refractivity contribution is -0.141. The van der Waals surface area contributed by atoms with Crippen molar-refractivity contribution < 1.29 is 34.5 Å². The number of nitrogens with one attached hydrogen (secondary N) is 3. The van der Waals surface area contributed by atoms with Crippen LogP contribution in [0.3, 0.4) is 0 Å². The lowest BCUT2D eigenvalue weighted by Gasteiger charge is -2.27. The SMILES string of the molecule is CC(O)C(NC(=O)NC(CC(N)=O)C(=O)N(C)NC(=S)C(N)CO)C(=O)O. The first-order valence-corrected chi connectivity index (χ1v) is 8.02. The van der Waals surface area contributed by atoms with Crippen molar-refractivity contribution in [1.29, 1.82) is 0 Å². The Bertz CT molecular complexity index is 588. The number of carbonyl (C=O) groups excluding carboxylic acids is 3. The second kappa shape index (κ2) is 11.2. The second-order valence-electron chi connectivity index (χ2n) is 5.56. The molecule has 14 heteroatoms. The van der Waals surface area contributed by atoms with E-state index in [0.29, 0.717) is 0 Å². The van der Waals surface area contributed by atoms with E-state index in [4.69, 9.17) is 33.9 Å². The third-order valence-corrected chi connectivity index (χ3v) is 3.58. The number of hydrazine groups is 1. The number of hydrogen-bond acceptors (Lipinski definition) is 8. The molecular formula is C13H24N6O7S. The Kier molecular flexibility index (Phi) is 10.2. The average molecular weight is 408 g/mol. The number of rotatable bonds is 9. The number of aliphatic hydroxyl groups is 2. The maximum Gasteiger partial charge on any atom is 0.328 e. The molecule has 13 nitrogen and oxygen atoms in total. The summed E-state index contributed by atoms with van der Waals surface area (Å²) < 4.78 is 0. The first-order chi connectivity index (χ1) is 12.4. The maximum absolute atomic E-state index is 12.4. The summed E-state index contributed by atoms with van der Waals surface area (Å²) in [5, 5.41) is 32.1. The van der Waals surface area contributed by atoms with Crippen molar-refractivity contribution in [2.45, 2.75) is 37.6 Å². The van der Waals surface area contributed by atoms with Gasteiger partial charge in [0.1, 0.15) is 11.0 Å². The minimum Gasteiger partial charge on any atom is -0.480 e. The third kappa shape index (κ3) is 8.59. The van der Waals surface area contributed by atoms with Gasteiger partial charge >= 0.3 is 12.0 Å². The van der Waals surface area contributed by atoms with Crippen molar-refractivity contribution in [3.8, 4) is 0 Å². The Hall–Kier alpha value is -2.55. The average Bonchev–Trinajstić information content (AvgIpc) is 2.56. The van der Waals surface area contributed by atoms with E-state index in [2.05, 4.69) is 10.7 Å². The van der Waals surface area contributed by atoms with Crippen molar-refractivity contribution in [2.24, 2.45) is 11.5 Å². The largest absolute Gasteiger partial charge is 0.480 e. The van der Waals surface area contributed by atoms with Crippen LogP contribution in [-0.4, -0.2) is 87.0 Å². The molecule has 0 aliphatic rings. The fraction of sp³-hybridized carbons (Fsp3) is 0.615. The van der Waals surface area contributed by atoms with Gasteiger partial charge in [0.15, 0.2) is 6.04 Å². The van der Waals surface area contributed by atoms with Crippen LogP contribution in [0, 0.1) is 0 Å². The molecule has 0 aromatic heterocycles. The molecule has 4 amide bonds. The molecular weight excluding hydrogens is 384 g/mol. The summed E-state index contributed by atoms with van der Waals surface area (Å²) in [6.07, 6.45) is -2.01. The Morgan fingerprint density at radius 3 is 2.19 bits per heavy atom. The molecule has 0 rings (SSSR count). The van der Waals surface area contributed by atoms with Crippen LogP contribution >= 0.6 is 12.2 Å². The van der Waals surface area contributed by atoms with Gasteiger partial charge in [0.25, 0.3) is 5.91 Å². The number of aliphatic hydroxyl groups excluding tert-OH is 2. The predicted octanol–water partition coefficient (Wildman–Crippen LogP) is -4.03. The number of nitrogens with two attached hydrogens (primary N) is 2. The molecule has 0 fully saturated rings. The van der Waals surface area contributed by atoms with Gasteiger partial charge in [-0.3, -0.25) is 20.0 Å². The van der Waals surface area contributed by atoms with Crippen molar-refractivity contribution in [3.05, 3.63) is 0 Å². The molecule has 0 heterocycles. The third-order valence-electron chi connectivity index (χ3n) is 3.19. The minimum absolute atomic E-state index is 0.0735. The van der Waals surface area contributed by atoms with Gasteiger partial charge in [-0.05, 0) is 6.92 Å². The van der Waals surface area contributed by atoms with Crippen LogP contribution < -0.4 is 27.5 Å². The molecule has 27 heavy (non-hydrogen) atoms. The molecule has 0 saturated carbocycles. The summed E-state index contributed by atoms with van der Waals surface area (Å²) in [7, 11) is 1.22. The molecule has 154 valence electrons. The molecule has 4 atom stereocenters. The lowest BCUT2D eigenvalue weighted by atomic mass is 10.1. The van der Waals surface area contributed by atoms with E-state index in [0.717, 1.165) is 11.9 Å². The van der Waals surface area contributed by atoms with Crippen LogP contribution in [0.5, 0.6) is 0 Å². The van der Waals surface area contributed by atoms with Gasteiger partial charge in [-0.25, -0.2) is 9.59 Å². The number of amides is 4. The summed E-state index contributed by atoms with van der Waals surface area (Å²) in [6.45, 7) is 0.670. The van der Waals surface area contributed by atoms with Crippen LogP contribution in [0.4, 0.5) is 4.79 Å². The van der Waals surface area contributed by atoms with Gasteiger partial charge in [-0.15, -0.1) is 0 Å². The number of aliphatic carboxylic acids is 1. The van der Waals surface area contributed by atoms with E-state index in [1.807, 2.05) is 5.32 Å². The molecule has 0 saturated heterocycles. The molecule has 0 aliphatic carbocycles. The smallest absolute Gasteiger partial charge is 0.328 e. The molecule has 0 aromatic rings. The van der Waals surface area contributed by atoms with Gasteiger partial charge in [0, 0.05) is 7.05 Å². The summed E-state index contributed by atoms with van der Waals surface area (Å²) in [6, 6.07) is -5.16. The molecule has 4 unspecified atom stereocenters. The minimum atomic E-state index is -1.64. The highest BCUT2D eigenvalue weighted by molar-refractivity contribution is 7.80. The van der Waals surface area contributed by atoms with E-state index >= 15 is 0 Å². The Balaban J connectivity index is 5.12. The van der Waals surface area contributed by atoms with Gasteiger partial charge in [0.2, 0.25) is 5.91 Å². The predicted molar refractivity (Wildman–Crippen MR) is 95.9 cm³/mol. The number of urea groups is 1. The lowest BCUT2D eigenvalue weighted by Crippen LogP contribution is -2.59. The first kappa shape index (κ1) is 24.5. The second-order valence-corrected chi connectivity index (χ2v) is 6.00. The highest BCUT2D eigenvalue weighted by atomic mass is 32.1. The number of hydrogen-bond donors (Lipinski definition) is 8. The van der Waals surface area contributed by atoms with Crippen molar-refractivity contribution in [3.63, 3.8) is 0 Å². The normalized spacial score (nSPS) is 14.9. The standard InChI is InChI=1S/C13H24N6O7S/c1-5(21)9(12(24)25)17-13(26)16-7(3-8(15)22)11(23)19(2)18-10(27)6(14)4-20/h5-7,9,20-21H,3-4,14H2,1-2H3,(H2,15,22)(H,18,27)(H,24,25)(H2,16,17,26). The van der Waals surface area contributed by atoms with E-state index in [1.165, 1.54) is 7.05 Å². The number of thiocarbonyl (C=S) groups is 1.